The lowest BCUT2D eigenvalue weighted by Crippen LogP contribution is -2.43. The number of hydrogen-bond donors (Lipinski definition) is 2. The first-order valence-corrected chi connectivity index (χ1v) is 6.97. The highest BCUT2D eigenvalue weighted by Crippen LogP contribution is 2.29. The fraction of sp³-hybridized carbons (Fsp3) is 0.400. The van der Waals surface area contributed by atoms with Crippen LogP contribution in [-0.4, -0.2) is 35.6 Å². The summed E-state index contributed by atoms with van der Waals surface area (Å²) in [6.07, 6.45) is -5.33. The van der Waals surface area contributed by atoms with E-state index in [1.807, 2.05) is 0 Å². The summed E-state index contributed by atoms with van der Waals surface area (Å²) in [5.41, 5.74) is -0.571. The first-order chi connectivity index (χ1) is 11.1. The van der Waals surface area contributed by atoms with Gasteiger partial charge in [0.05, 0.1) is 25.0 Å². The fourth-order valence-corrected chi connectivity index (χ4v) is 1.83. The van der Waals surface area contributed by atoms with Crippen LogP contribution in [0, 0.1) is 0 Å². The number of carboxylic acids is 1. The van der Waals surface area contributed by atoms with Crippen molar-refractivity contribution < 1.29 is 37.4 Å². The quantitative estimate of drug-likeness (QED) is 0.734. The van der Waals surface area contributed by atoms with E-state index < -0.39 is 42.0 Å². The van der Waals surface area contributed by atoms with Crippen LogP contribution in [-0.2, 0) is 31.7 Å². The average molecular weight is 347 g/mol. The summed E-state index contributed by atoms with van der Waals surface area (Å²) in [6, 6.07) is 2.45. The molecule has 132 valence electrons. The minimum absolute atomic E-state index is 0.0741. The van der Waals surface area contributed by atoms with Crippen molar-refractivity contribution in [3.63, 3.8) is 0 Å². The van der Waals surface area contributed by atoms with Gasteiger partial charge in [0.15, 0.2) is 0 Å². The number of carbonyl (C=O) groups excluding carboxylic acids is 2. The zero-order valence-electron chi connectivity index (χ0n) is 12.7. The molecule has 0 spiro atoms. The third-order valence-corrected chi connectivity index (χ3v) is 2.96. The van der Waals surface area contributed by atoms with E-state index in [4.69, 9.17) is 5.11 Å². The molecule has 0 saturated heterocycles. The first-order valence-electron chi connectivity index (χ1n) is 6.97. The van der Waals surface area contributed by atoms with Crippen LogP contribution in [0.5, 0.6) is 0 Å². The number of amides is 1. The summed E-state index contributed by atoms with van der Waals surface area (Å²) in [4.78, 5) is 34.1. The van der Waals surface area contributed by atoms with Crippen molar-refractivity contribution in [2.75, 3.05) is 6.61 Å². The van der Waals surface area contributed by atoms with Crippen molar-refractivity contribution in [3.05, 3.63) is 35.4 Å². The van der Waals surface area contributed by atoms with Gasteiger partial charge >= 0.3 is 18.1 Å². The van der Waals surface area contributed by atoms with Crippen LogP contribution < -0.4 is 5.32 Å². The number of nitrogens with one attached hydrogen (secondary N) is 1. The number of carboxylic acid groups (broad SMARTS) is 1. The summed E-state index contributed by atoms with van der Waals surface area (Å²) in [5, 5.41) is 11.1. The third-order valence-electron chi connectivity index (χ3n) is 2.96. The van der Waals surface area contributed by atoms with E-state index in [-0.39, 0.29) is 18.6 Å². The molecule has 0 heterocycles. The van der Waals surface area contributed by atoms with Gasteiger partial charge in [0.1, 0.15) is 6.04 Å². The second kappa shape index (κ2) is 8.32. The van der Waals surface area contributed by atoms with Crippen molar-refractivity contribution in [2.45, 2.75) is 32.0 Å². The maximum Gasteiger partial charge on any atom is 0.416 e. The van der Waals surface area contributed by atoms with Crippen LogP contribution in [0.3, 0.4) is 0 Å². The van der Waals surface area contributed by atoms with Gasteiger partial charge in [-0.2, -0.15) is 13.2 Å². The Bertz CT molecular complexity index is 598. The molecule has 0 fully saturated rings. The van der Waals surface area contributed by atoms with E-state index >= 15 is 0 Å². The lowest BCUT2D eigenvalue weighted by Gasteiger charge is -2.14. The van der Waals surface area contributed by atoms with Gasteiger partial charge in [-0.1, -0.05) is 12.1 Å². The van der Waals surface area contributed by atoms with E-state index in [2.05, 4.69) is 10.1 Å². The van der Waals surface area contributed by atoms with Crippen LogP contribution >= 0.6 is 0 Å². The van der Waals surface area contributed by atoms with Crippen LogP contribution in [0.1, 0.15) is 24.5 Å². The van der Waals surface area contributed by atoms with E-state index in [1.165, 1.54) is 0 Å². The summed E-state index contributed by atoms with van der Waals surface area (Å²) >= 11 is 0. The standard InChI is InChI=1S/C15H16F3NO5/c1-2-24-13(21)8-11(14(22)23)19-12(20)7-9-3-5-10(6-4-9)15(16,17)18/h3-6,11H,2,7-8H2,1H3,(H,19,20)(H,22,23)/t11-/m1/s1. The Kier molecular flexibility index (Phi) is 6.75. The molecule has 0 radical (unpaired) electrons. The zero-order chi connectivity index (χ0) is 18.3. The lowest BCUT2D eigenvalue weighted by molar-refractivity contribution is -0.150. The Hall–Kier alpha value is -2.58. The van der Waals surface area contributed by atoms with Crippen molar-refractivity contribution >= 4 is 17.8 Å². The number of rotatable bonds is 7. The lowest BCUT2D eigenvalue weighted by atomic mass is 10.1. The number of ether oxygens (including phenoxy) is 1. The van der Waals surface area contributed by atoms with E-state index in [1.54, 1.807) is 6.92 Å². The molecule has 1 aromatic carbocycles. The van der Waals surface area contributed by atoms with Crippen LogP contribution in [0.15, 0.2) is 24.3 Å². The summed E-state index contributed by atoms with van der Waals surface area (Å²) in [5.74, 6) is -2.92. The number of aliphatic carboxylic acids is 1. The molecular weight excluding hydrogens is 331 g/mol. The van der Waals surface area contributed by atoms with Crippen LogP contribution in [0.25, 0.3) is 0 Å². The number of carbonyl (C=O) groups is 3. The molecule has 0 aromatic heterocycles. The molecule has 24 heavy (non-hydrogen) atoms. The Morgan fingerprint density at radius 2 is 1.79 bits per heavy atom. The maximum atomic E-state index is 12.4. The van der Waals surface area contributed by atoms with E-state index in [9.17, 15) is 27.6 Å². The normalized spacial score (nSPS) is 12.3. The summed E-state index contributed by atoms with van der Waals surface area (Å²) < 4.78 is 41.9. The van der Waals surface area contributed by atoms with E-state index in [0.29, 0.717) is 0 Å². The average Bonchev–Trinajstić information content (AvgIpc) is 2.46. The largest absolute Gasteiger partial charge is 0.480 e. The molecule has 0 bridgehead atoms. The molecule has 1 atom stereocenters. The van der Waals surface area contributed by atoms with Gasteiger partial charge in [-0.25, -0.2) is 4.79 Å². The number of alkyl halides is 3. The highest BCUT2D eigenvalue weighted by Gasteiger charge is 2.30. The first kappa shape index (κ1) is 19.5. The van der Waals surface area contributed by atoms with Crippen LogP contribution in [0.2, 0.25) is 0 Å². The monoisotopic (exact) mass is 347 g/mol. The minimum Gasteiger partial charge on any atom is -0.480 e. The minimum atomic E-state index is -4.48. The highest BCUT2D eigenvalue weighted by molar-refractivity contribution is 5.88. The molecule has 2 N–H and O–H groups in total. The van der Waals surface area contributed by atoms with E-state index in [0.717, 1.165) is 24.3 Å². The molecular formula is C15H16F3NO5. The van der Waals surface area contributed by atoms with Gasteiger partial charge in [-0.15, -0.1) is 0 Å². The molecule has 9 heteroatoms. The van der Waals surface area contributed by atoms with Gasteiger partial charge < -0.3 is 15.2 Å². The molecule has 1 aromatic rings. The number of benzene rings is 1. The SMILES string of the molecule is CCOC(=O)C[C@@H](NC(=O)Cc1ccc(C(F)(F)F)cc1)C(=O)O. The predicted molar refractivity (Wildman–Crippen MR) is 76.0 cm³/mol. The van der Waals surface area contributed by atoms with Gasteiger partial charge in [0.2, 0.25) is 5.91 Å². The Balaban J connectivity index is 2.66. The molecule has 0 aliphatic heterocycles. The fourth-order valence-electron chi connectivity index (χ4n) is 1.83. The second-order valence-electron chi connectivity index (χ2n) is 4.84. The molecule has 0 saturated carbocycles. The van der Waals surface area contributed by atoms with Gasteiger partial charge in [-0.3, -0.25) is 9.59 Å². The zero-order valence-corrected chi connectivity index (χ0v) is 12.7. The van der Waals surface area contributed by atoms with Gasteiger partial charge in [-0.05, 0) is 24.6 Å². The highest BCUT2D eigenvalue weighted by atomic mass is 19.4. The predicted octanol–water partition coefficient (Wildman–Crippen LogP) is 1.77. The Morgan fingerprint density at radius 1 is 1.21 bits per heavy atom. The molecule has 0 unspecified atom stereocenters. The molecule has 6 nitrogen and oxygen atoms in total. The topological polar surface area (TPSA) is 92.7 Å². The van der Waals surface area contributed by atoms with Crippen molar-refractivity contribution in [1.29, 1.82) is 0 Å². The van der Waals surface area contributed by atoms with Crippen molar-refractivity contribution in [1.82, 2.24) is 5.32 Å². The molecule has 1 rings (SSSR count). The Morgan fingerprint density at radius 3 is 2.25 bits per heavy atom. The smallest absolute Gasteiger partial charge is 0.416 e. The van der Waals surface area contributed by atoms with Crippen molar-refractivity contribution in [2.24, 2.45) is 0 Å². The summed E-state index contributed by atoms with van der Waals surface area (Å²) in [7, 11) is 0. The summed E-state index contributed by atoms with van der Waals surface area (Å²) in [6.45, 7) is 1.63. The number of esters is 1. The van der Waals surface area contributed by atoms with Crippen molar-refractivity contribution in [3.8, 4) is 0 Å². The van der Waals surface area contributed by atoms with Gasteiger partial charge in [0.25, 0.3) is 0 Å². The number of halogens is 3. The number of hydrogen-bond acceptors (Lipinski definition) is 4. The Labute approximate surface area is 135 Å². The van der Waals surface area contributed by atoms with Crippen LogP contribution in [0.4, 0.5) is 13.2 Å². The van der Waals surface area contributed by atoms with Gasteiger partial charge in [0, 0.05) is 0 Å². The maximum absolute atomic E-state index is 12.4. The molecule has 0 aliphatic carbocycles. The molecule has 1 amide bonds. The molecule has 0 aliphatic rings. The second-order valence-corrected chi connectivity index (χ2v) is 4.84. The third kappa shape index (κ3) is 6.27.